The maximum Gasteiger partial charge on any atom is 0.276 e. The van der Waals surface area contributed by atoms with Crippen LogP contribution in [-0.4, -0.2) is 22.5 Å². The molecule has 0 spiro atoms. The average Bonchev–Trinajstić information content (AvgIpc) is 2.94. The number of nitrogens with one attached hydrogen (secondary N) is 1. The van der Waals surface area contributed by atoms with Gasteiger partial charge in [-0.2, -0.15) is 5.10 Å². The van der Waals surface area contributed by atoms with E-state index in [0.29, 0.717) is 34.3 Å². The lowest BCUT2D eigenvalue weighted by atomic mass is 10.2. The van der Waals surface area contributed by atoms with Crippen LogP contribution >= 0.6 is 0 Å². The van der Waals surface area contributed by atoms with E-state index in [-0.39, 0.29) is 12.7 Å². The summed E-state index contributed by atoms with van der Waals surface area (Å²) >= 11 is 0. The van der Waals surface area contributed by atoms with Crippen LogP contribution in [0.25, 0.3) is 0 Å². The van der Waals surface area contributed by atoms with Gasteiger partial charge in [-0.3, -0.25) is 9.48 Å². The molecule has 1 amide bonds. The van der Waals surface area contributed by atoms with Crippen LogP contribution in [0.2, 0.25) is 0 Å². The summed E-state index contributed by atoms with van der Waals surface area (Å²) < 4.78 is 11.9. The number of aryl methyl sites for hydroxylation is 2. The highest BCUT2D eigenvalue weighted by molar-refractivity contribution is 6.06. The minimum Gasteiger partial charge on any atom is -0.454 e. The van der Waals surface area contributed by atoms with Gasteiger partial charge in [-0.1, -0.05) is 0 Å². The van der Waals surface area contributed by atoms with Gasteiger partial charge in [-0.15, -0.1) is 0 Å². The minimum absolute atomic E-state index is 0.195. The van der Waals surface area contributed by atoms with Crippen molar-refractivity contribution < 1.29 is 14.3 Å². The van der Waals surface area contributed by atoms with Gasteiger partial charge in [0.2, 0.25) is 6.79 Å². The molecule has 1 aliphatic heterocycles. The van der Waals surface area contributed by atoms with Gasteiger partial charge in [0.15, 0.2) is 11.5 Å². The second-order valence-electron chi connectivity index (χ2n) is 4.49. The number of nitrogen functional groups attached to an aromatic ring is 1. The smallest absolute Gasteiger partial charge is 0.276 e. The lowest BCUT2D eigenvalue weighted by Gasteiger charge is -2.07. The number of ether oxygens (including phenoxy) is 2. The van der Waals surface area contributed by atoms with E-state index in [9.17, 15) is 4.79 Å². The molecule has 3 N–H and O–H groups in total. The van der Waals surface area contributed by atoms with E-state index in [2.05, 4.69) is 10.4 Å². The van der Waals surface area contributed by atoms with Crippen LogP contribution in [0, 0.1) is 6.92 Å². The minimum atomic E-state index is -0.315. The van der Waals surface area contributed by atoms with Crippen LogP contribution in [0.5, 0.6) is 11.5 Å². The molecule has 0 fully saturated rings. The Morgan fingerprint density at radius 3 is 2.85 bits per heavy atom. The van der Waals surface area contributed by atoms with Gasteiger partial charge in [0.25, 0.3) is 5.91 Å². The summed E-state index contributed by atoms with van der Waals surface area (Å²) in [5.41, 5.74) is 7.81. The van der Waals surface area contributed by atoms with Crippen LogP contribution in [0.15, 0.2) is 18.2 Å². The molecule has 0 radical (unpaired) electrons. The quantitative estimate of drug-likeness (QED) is 0.861. The summed E-state index contributed by atoms with van der Waals surface area (Å²) in [5, 5.41) is 6.88. The summed E-state index contributed by atoms with van der Waals surface area (Å²) in [6.45, 7) is 1.95. The zero-order chi connectivity index (χ0) is 14.3. The molecule has 0 unspecified atom stereocenters. The molecule has 0 aliphatic carbocycles. The number of nitrogens with two attached hydrogens (primary N) is 1. The highest BCUT2D eigenvalue weighted by atomic mass is 16.7. The maximum absolute atomic E-state index is 12.2. The zero-order valence-electron chi connectivity index (χ0n) is 11.1. The number of anilines is 2. The van der Waals surface area contributed by atoms with Gasteiger partial charge in [0.05, 0.1) is 11.4 Å². The number of carbonyl (C=O) groups excluding carboxylic acids is 1. The van der Waals surface area contributed by atoms with Gasteiger partial charge in [0, 0.05) is 18.8 Å². The second-order valence-corrected chi connectivity index (χ2v) is 4.49. The SMILES string of the molecule is Cc1nn(C)c(C(=O)Nc2ccc3c(c2)OCO3)c1N. The fourth-order valence-electron chi connectivity index (χ4n) is 2.11. The van der Waals surface area contributed by atoms with Crippen molar-refractivity contribution in [2.24, 2.45) is 7.05 Å². The molecule has 1 aromatic carbocycles. The fraction of sp³-hybridized carbons (Fsp3) is 0.231. The first-order valence-electron chi connectivity index (χ1n) is 6.06. The van der Waals surface area contributed by atoms with Crippen molar-refractivity contribution in [3.8, 4) is 11.5 Å². The first-order valence-corrected chi connectivity index (χ1v) is 6.06. The summed E-state index contributed by atoms with van der Waals surface area (Å²) in [4.78, 5) is 12.2. The molecule has 0 atom stereocenters. The number of amides is 1. The lowest BCUT2D eigenvalue weighted by Crippen LogP contribution is -2.17. The molecule has 20 heavy (non-hydrogen) atoms. The second kappa shape index (κ2) is 4.44. The van der Waals surface area contributed by atoms with E-state index in [0.717, 1.165) is 0 Å². The van der Waals surface area contributed by atoms with Gasteiger partial charge in [-0.05, 0) is 19.1 Å². The molecule has 7 heteroatoms. The third-order valence-electron chi connectivity index (χ3n) is 3.11. The van der Waals surface area contributed by atoms with Crippen LogP contribution in [0.3, 0.4) is 0 Å². The van der Waals surface area contributed by atoms with Crippen LogP contribution < -0.4 is 20.5 Å². The third kappa shape index (κ3) is 1.93. The molecule has 7 nitrogen and oxygen atoms in total. The van der Waals surface area contributed by atoms with E-state index < -0.39 is 0 Å². The number of rotatable bonds is 2. The third-order valence-corrected chi connectivity index (χ3v) is 3.11. The molecule has 104 valence electrons. The van der Waals surface area contributed by atoms with Crippen molar-refractivity contribution >= 4 is 17.3 Å². The van der Waals surface area contributed by atoms with E-state index in [1.807, 2.05) is 0 Å². The molecule has 1 aromatic heterocycles. The monoisotopic (exact) mass is 274 g/mol. The highest BCUT2D eigenvalue weighted by Crippen LogP contribution is 2.34. The van der Waals surface area contributed by atoms with Gasteiger partial charge < -0.3 is 20.5 Å². The largest absolute Gasteiger partial charge is 0.454 e. The zero-order valence-corrected chi connectivity index (χ0v) is 11.1. The predicted molar refractivity (Wildman–Crippen MR) is 72.9 cm³/mol. The van der Waals surface area contributed by atoms with Crippen molar-refractivity contribution in [2.75, 3.05) is 17.8 Å². The molecule has 0 saturated carbocycles. The Bertz CT molecular complexity index is 693. The van der Waals surface area contributed by atoms with Crippen LogP contribution in [-0.2, 0) is 7.05 Å². The average molecular weight is 274 g/mol. The predicted octanol–water partition coefficient (Wildman–Crippen LogP) is 1.29. The van der Waals surface area contributed by atoms with Gasteiger partial charge in [0.1, 0.15) is 5.69 Å². The summed E-state index contributed by atoms with van der Waals surface area (Å²) in [6.07, 6.45) is 0. The molecule has 0 bridgehead atoms. The Morgan fingerprint density at radius 2 is 2.15 bits per heavy atom. The van der Waals surface area contributed by atoms with E-state index in [1.165, 1.54) is 4.68 Å². The van der Waals surface area contributed by atoms with E-state index in [4.69, 9.17) is 15.2 Å². The number of hydrogen-bond acceptors (Lipinski definition) is 5. The van der Waals surface area contributed by atoms with Gasteiger partial charge >= 0.3 is 0 Å². The van der Waals surface area contributed by atoms with Gasteiger partial charge in [-0.25, -0.2) is 0 Å². The number of fused-ring (bicyclic) bond motifs is 1. The van der Waals surface area contributed by atoms with Crippen molar-refractivity contribution in [1.29, 1.82) is 0 Å². The standard InChI is InChI=1S/C13H14N4O3/c1-7-11(14)12(17(2)16-7)13(18)15-8-3-4-9-10(5-8)20-6-19-9/h3-5H,6,14H2,1-2H3,(H,15,18). The Balaban J connectivity index is 1.86. The first kappa shape index (κ1) is 12.3. The Morgan fingerprint density at radius 1 is 1.40 bits per heavy atom. The number of hydrogen-bond donors (Lipinski definition) is 2. The number of nitrogens with zero attached hydrogens (tertiary/aromatic N) is 2. The fourth-order valence-corrected chi connectivity index (χ4v) is 2.11. The van der Waals surface area contributed by atoms with E-state index in [1.54, 1.807) is 32.2 Å². The molecule has 1 aliphatic rings. The Kier molecular flexibility index (Phi) is 2.74. The molecule has 2 heterocycles. The summed E-state index contributed by atoms with van der Waals surface area (Å²) in [7, 11) is 1.68. The summed E-state index contributed by atoms with van der Waals surface area (Å²) in [5.74, 6) is 0.959. The molecule has 3 rings (SSSR count). The molecule has 0 saturated heterocycles. The number of carbonyl (C=O) groups is 1. The van der Waals surface area contributed by atoms with E-state index >= 15 is 0 Å². The van der Waals surface area contributed by atoms with Crippen molar-refractivity contribution in [3.05, 3.63) is 29.6 Å². The van der Waals surface area contributed by atoms with Crippen LogP contribution in [0.1, 0.15) is 16.2 Å². The van der Waals surface area contributed by atoms with Crippen LogP contribution in [0.4, 0.5) is 11.4 Å². The van der Waals surface area contributed by atoms with Crippen molar-refractivity contribution in [2.45, 2.75) is 6.92 Å². The number of benzene rings is 1. The maximum atomic E-state index is 12.2. The molecular formula is C13H14N4O3. The Hall–Kier alpha value is -2.70. The highest BCUT2D eigenvalue weighted by Gasteiger charge is 2.19. The Labute approximate surface area is 115 Å². The normalized spacial score (nSPS) is 12.5. The summed E-state index contributed by atoms with van der Waals surface area (Å²) in [6, 6.07) is 5.19. The lowest BCUT2D eigenvalue weighted by molar-refractivity contribution is 0.101. The number of aromatic nitrogens is 2. The topological polar surface area (TPSA) is 91.4 Å². The first-order chi connectivity index (χ1) is 9.56. The molecular weight excluding hydrogens is 260 g/mol. The van der Waals surface area contributed by atoms with Crippen molar-refractivity contribution in [1.82, 2.24) is 9.78 Å². The molecule has 2 aromatic rings. The van der Waals surface area contributed by atoms with Crippen molar-refractivity contribution in [3.63, 3.8) is 0 Å².